The average molecular weight is 215 g/mol. The number of rotatable bonds is 5. The number of pyridine rings is 1. The molecule has 4 heteroatoms. The van der Waals surface area contributed by atoms with Crippen LogP contribution in [-0.2, 0) is 0 Å². The van der Waals surface area contributed by atoms with Gasteiger partial charge >= 0.3 is 0 Å². The topological polar surface area (TPSA) is 33.1 Å². The van der Waals surface area contributed by atoms with Gasteiger partial charge in [-0.25, -0.2) is 4.39 Å². The van der Waals surface area contributed by atoms with Crippen LogP contribution in [0.3, 0.4) is 0 Å². The van der Waals surface area contributed by atoms with E-state index in [0.29, 0.717) is 12.0 Å². The second-order valence-electron chi connectivity index (χ2n) is 2.94. The molecule has 14 heavy (non-hydrogen) atoms. The summed E-state index contributed by atoms with van der Waals surface area (Å²) >= 11 is 1.76. The molecule has 0 amide bonds. The lowest BCUT2D eigenvalue weighted by molar-refractivity contribution is 0.174. The van der Waals surface area contributed by atoms with E-state index in [0.717, 1.165) is 17.7 Å². The molecular formula is C10H14FNOS. The summed E-state index contributed by atoms with van der Waals surface area (Å²) in [6, 6.07) is 1.33. The Balaban J connectivity index is 2.47. The van der Waals surface area contributed by atoms with Crippen LogP contribution in [-0.4, -0.2) is 21.6 Å². The summed E-state index contributed by atoms with van der Waals surface area (Å²) in [4.78, 5) is 3.69. The van der Waals surface area contributed by atoms with Gasteiger partial charge in [0.1, 0.15) is 5.82 Å². The van der Waals surface area contributed by atoms with Crippen molar-refractivity contribution < 1.29 is 9.50 Å². The number of aromatic nitrogens is 1. The highest BCUT2D eigenvalue weighted by atomic mass is 32.2. The Morgan fingerprint density at radius 3 is 3.00 bits per heavy atom. The molecule has 78 valence electrons. The quantitative estimate of drug-likeness (QED) is 0.766. The van der Waals surface area contributed by atoms with Gasteiger partial charge in [-0.1, -0.05) is 6.92 Å². The van der Waals surface area contributed by atoms with Gasteiger partial charge in [0, 0.05) is 11.8 Å². The smallest absolute Gasteiger partial charge is 0.141 e. The van der Waals surface area contributed by atoms with Gasteiger partial charge in [-0.3, -0.25) is 4.98 Å². The maximum absolute atomic E-state index is 12.7. The fourth-order valence-electron chi connectivity index (χ4n) is 1.12. The summed E-state index contributed by atoms with van der Waals surface area (Å²) in [5.74, 6) is 1.52. The molecule has 1 atom stereocenters. The molecule has 0 saturated carbocycles. The molecule has 0 radical (unpaired) electrons. The van der Waals surface area contributed by atoms with E-state index in [1.54, 1.807) is 11.8 Å². The zero-order valence-electron chi connectivity index (χ0n) is 8.11. The number of thioether (sulfide) groups is 1. The second-order valence-corrected chi connectivity index (χ2v) is 4.33. The van der Waals surface area contributed by atoms with Crippen LogP contribution < -0.4 is 0 Å². The van der Waals surface area contributed by atoms with Crippen molar-refractivity contribution in [3.05, 3.63) is 29.8 Å². The highest BCUT2D eigenvalue weighted by molar-refractivity contribution is 7.99. The predicted molar refractivity (Wildman–Crippen MR) is 56.8 cm³/mol. The van der Waals surface area contributed by atoms with E-state index in [-0.39, 0.29) is 0 Å². The summed E-state index contributed by atoms with van der Waals surface area (Å²) < 4.78 is 12.7. The third-order valence-corrected chi connectivity index (χ3v) is 2.78. The van der Waals surface area contributed by atoms with E-state index < -0.39 is 11.9 Å². The Morgan fingerprint density at radius 2 is 2.36 bits per heavy atom. The van der Waals surface area contributed by atoms with Crippen molar-refractivity contribution in [3.63, 3.8) is 0 Å². The first-order valence-corrected chi connectivity index (χ1v) is 5.75. The molecule has 1 heterocycles. The van der Waals surface area contributed by atoms with Crippen molar-refractivity contribution in [1.82, 2.24) is 4.98 Å². The molecule has 1 aromatic heterocycles. The van der Waals surface area contributed by atoms with Crippen LogP contribution in [0, 0.1) is 5.82 Å². The first-order valence-electron chi connectivity index (χ1n) is 4.60. The van der Waals surface area contributed by atoms with Crippen molar-refractivity contribution >= 4 is 11.8 Å². The molecule has 0 aliphatic rings. The molecule has 1 unspecified atom stereocenters. The zero-order valence-corrected chi connectivity index (χ0v) is 8.93. The summed E-state index contributed by atoms with van der Waals surface area (Å²) in [5, 5.41) is 9.65. The van der Waals surface area contributed by atoms with E-state index in [2.05, 4.69) is 11.9 Å². The van der Waals surface area contributed by atoms with Crippen molar-refractivity contribution in [2.75, 3.05) is 11.5 Å². The third kappa shape index (κ3) is 3.64. The van der Waals surface area contributed by atoms with Gasteiger partial charge in [0.2, 0.25) is 0 Å². The second kappa shape index (κ2) is 5.98. The Morgan fingerprint density at radius 1 is 1.57 bits per heavy atom. The van der Waals surface area contributed by atoms with Gasteiger partial charge in [0.15, 0.2) is 0 Å². The average Bonchev–Trinajstić information content (AvgIpc) is 2.18. The highest BCUT2D eigenvalue weighted by Gasteiger charge is 2.08. The number of nitrogens with zero attached hydrogens (tertiary/aromatic N) is 1. The number of halogens is 1. The standard InChI is InChI=1S/C10H14FNOS/c1-2-14-4-3-10(13)8-5-9(11)7-12-6-8/h5-7,10,13H,2-4H2,1H3. The largest absolute Gasteiger partial charge is 0.388 e. The summed E-state index contributed by atoms with van der Waals surface area (Å²) in [5.41, 5.74) is 0.557. The monoisotopic (exact) mass is 215 g/mol. The molecule has 0 aliphatic carbocycles. The van der Waals surface area contributed by atoms with Gasteiger partial charge in [-0.15, -0.1) is 0 Å². The first-order chi connectivity index (χ1) is 6.74. The van der Waals surface area contributed by atoms with Crippen LogP contribution in [0.2, 0.25) is 0 Å². The summed E-state index contributed by atoms with van der Waals surface area (Å²) in [6.07, 6.45) is 2.68. The minimum atomic E-state index is -0.600. The Labute approximate surface area is 87.6 Å². The maximum atomic E-state index is 12.7. The lowest BCUT2D eigenvalue weighted by Gasteiger charge is -2.09. The van der Waals surface area contributed by atoms with Gasteiger partial charge in [0.05, 0.1) is 12.3 Å². The number of hydrogen-bond acceptors (Lipinski definition) is 3. The molecule has 2 nitrogen and oxygen atoms in total. The van der Waals surface area contributed by atoms with Crippen molar-refractivity contribution in [1.29, 1.82) is 0 Å². The minimum Gasteiger partial charge on any atom is -0.388 e. The van der Waals surface area contributed by atoms with Crippen LogP contribution in [0.5, 0.6) is 0 Å². The third-order valence-electron chi connectivity index (χ3n) is 1.85. The number of aliphatic hydroxyl groups excluding tert-OH is 1. The molecule has 0 aliphatic heterocycles. The van der Waals surface area contributed by atoms with E-state index in [1.807, 2.05) is 0 Å². The Bertz CT molecular complexity index is 283. The highest BCUT2D eigenvalue weighted by Crippen LogP contribution is 2.18. The van der Waals surface area contributed by atoms with E-state index in [4.69, 9.17) is 0 Å². The molecule has 0 bridgehead atoms. The Kier molecular flexibility index (Phi) is 4.90. The number of hydrogen-bond donors (Lipinski definition) is 1. The fourth-order valence-corrected chi connectivity index (χ4v) is 1.80. The molecular weight excluding hydrogens is 201 g/mol. The maximum Gasteiger partial charge on any atom is 0.141 e. The molecule has 1 N–H and O–H groups in total. The van der Waals surface area contributed by atoms with E-state index in [9.17, 15) is 9.50 Å². The lowest BCUT2D eigenvalue weighted by Crippen LogP contribution is -2.00. The van der Waals surface area contributed by atoms with Crippen molar-refractivity contribution in [3.8, 4) is 0 Å². The number of aliphatic hydroxyl groups is 1. The lowest BCUT2D eigenvalue weighted by atomic mass is 10.1. The van der Waals surface area contributed by atoms with E-state index in [1.165, 1.54) is 12.3 Å². The summed E-state index contributed by atoms with van der Waals surface area (Å²) in [6.45, 7) is 2.07. The molecule has 1 rings (SSSR count). The van der Waals surface area contributed by atoms with Crippen LogP contribution in [0.25, 0.3) is 0 Å². The zero-order chi connectivity index (χ0) is 10.4. The SMILES string of the molecule is CCSCCC(O)c1cncc(F)c1. The van der Waals surface area contributed by atoms with Gasteiger partial charge in [0.25, 0.3) is 0 Å². The molecule has 0 saturated heterocycles. The van der Waals surface area contributed by atoms with Crippen molar-refractivity contribution in [2.24, 2.45) is 0 Å². The van der Waals surface area contributed by atoms with E-state index >= 15 is 0 Å². The summed E-state index contributed by atoms with van der Waals surface area (Å²) in [7, 11) is 0. The molecule has 0 aromatic carbocycles. The van der Waals surface area contributed by atoms with Gasteiger partial charge < -0.3 is 5.11 Å². The molecule has 0 spiro atoms. The van der Waals surface area contributed by atoms with Crippen molar-refractivity contribution in [2.45, 2.75) is 19.4 Å². The predicted octanol–water partition coefficient (Wildman–Crippen LogP) is 2.40. The minimum absolute atomic E-state index is 0.398. The van der Waals surface area contributed by atoms with Crippen LogP contribution in [0.15, 0.2) is 18.5 Å². The molecule has 0 fully saturated rings. The van der Waals surface area contributed by atoms with Gasteiger partial charge in [-0.05, 0) is 24.0 Å². The first kappa shape index (κ1) is 11.5. The van der Waals surface area contributed by atoms with Gasteiger partial charge in [-0.2, -0.15) is 11.8 Å². The van der Waals surface area contributed by atoms with Crippen LogP contribution >= 0.6 is 11.8 Å². The van der Waals surface area contributed by atoms with Crippen LogP contribution in [0.1, 0.15) is 25.0 Å². The van der Waals surface area contributed by atoms with Crippen LogP contribution in [0.4, 0.5) is 4.39 Å². The molecule has 1 aromatic rings. The Hall–Kier alpha value is -0.610. The fraction of sp³-hybridized carbons (Fsp3) is 0.500. The normalized spacial score (nSPS) is 12.8.